The maximum Gasteiger partial charge on any atom is 0.117 e. The van der Waals surface area contributed by atoms with Gasteiger partial charge in [0, 0.05) is 0 Å². The van der Waals surface area contributed by atoms with Gasteiger partial charge in [0.2, 0.25) is 0 Å². The maximum atomic E-state index is 9.27. The Morgan fingerprint density at radius 3 is 2.80 bits per heavy atom. The molecule has 0 aromatic rings. The fourth-order valence-electron chi connectivity index (χ4n) is 1.56. The molecule has 2 aliphatic heterocycles. The van der Waals surface area contributed by atoms with Gasteiger partial charge >= 0.3 is 0 Å². The minimum Gasteiger partial charge on any atom is -0.386 e. The van der Waals surface area contributed by atoms with Crippen LogP contribution in [0.15, 0.2) is 12.2 Å². The van der Waals surface area contributed by atoms with Gasteiger partial charge in [0.25, 0.3) is 0 Å². The van der Waals surface area contributed by atoms with Gasteiger partial charge in [0.1, 0.15) is 30.5 Å². The molecule has 0 bridgehead atoms. The first-order valence-electron chi connectivity index (χ1n) is 3.53. The van der Waals surface area contributed by atoms with Crippen molar-refractivity contribution in [3.63, 3.8) is 0 Å². The molecule has 1 N–H and O–H groups in total. The Bertz CT molecular complexity index is 201. The quantitative estimate of drug-likeness (QED) is 0.363. The summed E-state index contributed by atoms with van der Waals surface area (Å²) in [4.78, 5) is 0. The molecule has 3 rings (SSSR count). The van der Waals surface area contributed by atoms with Crippen molar-refractivity contribution < 1.29 is 14.6 Å². The summed E-state index contributed by atoms with van der Waals surface area (Å²) in [6.45, 7) is 0. The van der Waals surface area contributed by atoms with Crippen LogP contribution in [0.2, 0.25) is 0 Å². The molecule has 3 aliphatic rings. The van der Waals surface area contributed by atoms with Crippen molar-refractivity contribution in [2.45, 2.75) is 30.5 Å². The Kier molecular flexibility index (Phi) is 0.764. The molecule has 3 heteroatoms. The van der Waals surface area contributed by atoms with Crippen LogP contribution < -0.4 is 0 Å². The third-order valence-corrected chi connectivity index (χ3v) is 2.28. The number of epoxide rings is 2. The lowest BCUT2D eigenvalue weighted by molar-refractivity contribution is 0.177. The fraction of sp³-hybridized carbons (Fsp3) is 0.714. The van der Waals surface area contributed by atoms with Crippen molar-refractivity contribution in [3.05, 3.63) is 12.2 Å². The molecule has 3 nitrogen and oxygen atoms in total. The van der Waals surface area contributed by atoms with Crippen molar-refractivity contribution in [1.29, 1.82) is 0 Å². The zero-order chi connectivity index (χ0) is 6.72. The summed E-state index contributed by atoms with van der Waals surface area (Å²) >= 11 is 0. The van der Waals surface area contributed by atoms with E-state index in [1.807, 2.05) is 6.08 Å². The van der Waals surface area contributed by atoms with Crippen LogP contribution in [0.5, 0.6) is 0 Å². The Morgan fingerprint density at radius 2 is 1.90 bits per heavy atom. The van der Waals surface area contributed by atoms with Crippen molar-refractivity contribution in [1.82, 2.24) is 0 Å². The maximum absolute atomic E-state index is 9.27. The highest BCUT2D eigenvalue weighted by Crippen LogP contribution is 2.43. The Labute approximate surface area is 58.2 Å². The topological polar surface area (TPSA) is 45.3 Å². The molecule has 1 aliphatic carbocycles. The first kappa shape index (κ1) is 5.29. The van der Waals surface area contributed by atoms with Crippen LogP contribution >= 0.6 is 0 Å². The van der Waals surface area contributed by atoms with Crippen LogP contribution in [0.25, 0.3) is 0 Å². The summed E-state index contributed by atoms with van der Waals surface area (Å²) < 4.78 is 10.4. The summed E-state index contributed by atoms with van der Waals surface area (Å²) in [5.74, 6) is 0. The van der Waals surface area contributed by atoms with Gasteiger partial charge in [0.15, 0.2) is 0 Å². The zero-order valence-electron chi connectivity index (χ0n) is 5.31. The van der Waals surface area contributed by atoms with Crippen LogP contribution in [-0.2, 0) is 9.47 Å². The van der Waals surface area contributed by atoms with Crippen LogP contribution in [0.1, 0.15) is 0 Å². The van der Waals surface area contributed by atoms with Crippen LogP contribution in [0.3, 0.4) is 0 Å². The molecule has 0 saturated carbocycles. The van der Waals surface area contributed by atoms with E-state index >= 15 is 0 Å². The van der Waals surface area contributed by atoms with E-state index in [9.17, 15) is 5.11 Å². The van der Waals surface area contributed by atoms with Crippen molar-refractivity contribution >= 4 is 0 Å². The molecule has 54 valence electrons. The molecule has 0 radical (unpaired) electrons. The van der Waals surface area contributed by atoms with Gasteiger partial charge in [0.05, 0.1) is 0 Å². The summed E-state index contributed by atoms with van der Waals surface area (Å²) in [6, 6.07) is 0. The summed E-state index contributed by atoms with van der Waals surface area (Å²) in [5.41, 5.74) is 0. The molecule has 5 atom stereocenters. The second kappa shape index (κ2) is 1.44. The minimum atomic E-state index is -0.401. The zero-order valence-corrected chi connectivity index (χ0v) is 5.31. The van der Waals surface area contributed by atoms with Crippen molar-refractivity contribution in [2.75, 3.05) is 0 Å². The average molecular weight is 140 g/mol. The van der Waals surface area contributed by atoms with Gasteiger partial charge in [-0.25, -0.2) is 0 Å². The molecular weight excluding hydrogens is 132 g/mol. The van der Waals surface area contributed by atoms with Crippen molar-refractivity contribution in [2.24, 2.45) is 0 Å². The number of aliphatic hydroxyl groups excluding tert-OH is 1. The highest BCUT2D eigenvalue weighted by atomic mass is 16.7. The number of ether oxygens (including phenoxy) is 2. The molecule has 2 fully saturated rings. The van der Waals surface area contributed by atoms with E-state index in [1.54, 1.807) is 6.08 Å². The van der Waals surface area contributed by atoms with Crippen LogP contribution in [0, 0.1) is 0 Å². The molecule has 0 aromatic heterocycles. The molecule has 2 heterocycles. The predicted molar refractivity (Wildman–Crippen MR) is 32.5 cm³/mol. The van der Waals surface area contributed by atoms with Gasteiger partial charge < -0.3 is 14.6 Å². The SMILES string of the molecule is O[C@H]1C=C[C@@H]2O[C@@H]2[C@@H]2O[C@@H]21. The molecule has 0 unspecified atom stereocenters. The van der Waals surface area contributed by atoms with Crippen LogP contribution in [0.4, 0.5) is 0 Å². The Balaban J connectivity index is 1.91. The lowest BCUT2D eigenvalue weighted by atomic mass is 10.2. The Morgan fingerprint density at radius 1 is 1.00 bits per heavy atom. The normalized spacial score (nSPS) is 62.3. The number of fused-ring (bicyclic) bond motifs is 3. The highest BCUT2D eigenvalue weighted by Gasteiger charge is 2.60. The molecular formula is C7H8O3. The fourth-order valence-corrected chi connectivity index (χ4v) is 1.56. The highest BCUT2D eigenvalue weighted by molar-refractivity contribution is 5.19. The van der Waals surface area contributed by atoms with E-state index in [-0.39, 0.29) is 24.4 Å². The lowest BCUT2D eigenvalue weighted by Crippen LogP contribution is -2.14. The van der Waals surface area contributed by atoms with Gasteiger partial charge in [-0.2, -0.15) is 0 Å². The standard InChI is InChI=1S/C7H8O3/c8-3-1-2-4-6(9-4)7-5(3)10-7/h1-8H/t3-,4-,5+,6-,7+/m0/s1. The average Bonchev–Trinajstić information content (AvgIpc) is 2.71. The third kappa shape index (κ3) is 0.551. The summed E-state index contributed by atoms with van der Waals surface area (Å²) in [6.07, 6.45) is 3.96. The second-order valence-electron chi connectivity index (χ2n) is 3.01. The summed E-state index contributed by atoms with van der Waals surface area (Å²) in [5, 5.41) is 9.27. The van der Waals surface area contributed by atoms with E-state index in [2.05, 4.69) is 0 Å². The number of hydrogen-bond donors (Lipinski definition) is 1. The van der Waals surface area contributed by atoms with Gasteiger partial charge in [-0.15, -0.1) is 0 Å². The van der Waals surface area contributed by atoms with Crippen LogP contribution in [-0.4, -0.2) is 35.6 Å². The van der Waals surface area contributed by atoms with E-state index in [4.69, 9.17) is 9.47 Å². The summed E-state index contributed by atoms with van der Waals surface area (Å²) in [7, 11) is 0. The van der Waals surface area contributed by atoms with E-state index < -0.39 is 6.10 Å². The third-order valence-electron chi connectivity index (χ3n) is 2.28. The predicted octanol–water partition coefficient (Wildman–Crippen LogP) is -0.548. The smallest absolute Gasteiger partial charge is 0.117 e. The number of aliphatic hydroxyl groups is 1. The number of hydrogen-bond acceptors (Lipinski definition) is 3. The second-order valence-corrected chi connectivity index (χ2v) is 3.01. The molecule has 2 saturated heterocycles. The van der Waals surface area contributed by atoms with E-state index in [1.165, 1.54) is 0 Å². The molecule has 0 spiro atoms. The van der Waals surface area contributed by atoms with E-state index in [0.29, 0.717) is 0 Å². The molecule has 0 aromatic carbocycles. The lowest BCUT2D eigenvalue weighted by Gasteiger charge is -1.96. The molecule has 0 amide bonds. The minimum absolute atomic E-state index is 0.0220. The monoisotopic (exact) mass is 140 g/mol. The molecule has 10 heavy (non-hydrogen) atoms. The number of rotatable bonds is 0. The van der Waals surface area contributed by atoms with Gasteiger partial charge in [-0.3, -0.25) is 0 Å². The van der Waals surface area contributed by atoms with Crippen molar-refractivity contribution in [3.8, 4) is 0 Å². The van der Waals surface area contributed by atoms with Gasteiger partial charge in [-0.05, 0) is 0 Å². The first-order valence-corrected chi connectivity index (χ1v) is 3.53. The first-order chi connectivity index (χ1) is 4.86. The van der Waals surface area contributed by atoms with E-state index in [0.717, 1.165) is 0 Å². The van der Waals surface area contributed by atoms with Gasteiger partial charge in [-0.1, -0.05) is 12.2 Å². The Hall–Kier alpha value is -0.380. The largest absolute Gasteiger partial charge is 0.386 e.